The number of nitrogens with zero attached hydrogens (tertiary/aromatic N) is 4. The number of carbonyl (C=O) groups is 3. The van der Waals surface area contributed by atoms with Gasteiger partial charge >= 0.3 is 11.9 Å². The summed E-state index contributed by atoms with van der Waals surface area (Å²) in [6, 6.07) is 13.6. The molecule has 1 unspecified atom stereocenters. The topological polar surface area (TPSA) is 119 Å². The van der Waals surface area contributed by atoms with Gasteiger partial charge in [0.05, 0.1) is 36.8 Å². The highest BCUT2D eigenvalue weighted by Crippen LogP contribution is 2.24. The van der Waals surface area contributed by atoms with E-state index in [2.05, 4.69) is 21.9 Å². The fourth-order valence-corrected chi connectivity index (χ4v) is 2.89. The number of anilines is 1. The van der Waals surface area contributed by atoms with Crippen molar-refractivity contribution in [3.63, 3.8) is 0 Å². The van der Waals surface area contributed by atoms with Crippen LogP contribution < -0.4 is 5.01 Å². The zero-order valence-electron chi connectivity index (χ0n) is 18.6. The second-order valence-electron chi connectivity index (χ2n) is 6.86. The van der Waals surface area contributed by atoms with Crippen LogP contribution in [-0.2, 0) is 23.8 Å². The maximum atomic E-state index is 12.9. The molecule has 0 radical (unpaired) electrons. The van der Waals surface area contributed by atoms with Crippen molar-refractivity contribution in [1.82, 2.24) is 0 Å². The SMILES string of the molecule is C=CCOCCOC(=O)c1ccc(N=NC2C(=O)N(c3ccccc3)N=C2C(=O)OCC)cc1. The van der Waals surface area contributed by atoms with Gasteiger partial charge in [-0.3, -0.25) is 4.79 Å². The summed E-state index contributed by atoms with van der Waals surface area (Å²) in [5.41, 5.74) is 1.03. The molecule has 1 aliphatic heterocycles. The van der Waals surface area contributed by atoms with Crippen LogP contribution in [0.1, 0.15) is 17.3 Å². The fraction of sp³-hybridized carbons (Fsp3) is 0.250. The first kappa shape index (κ1) is 24.5. The third-order valence-corrected chi connectivity index (χ3v) is 4.48. The average molecular weight is 464 g/mol. The first-order valence-electron chi connectivity index (χ1n) is 10.6. The summed E-state index contributed by atoms with van der Waals surface area (Å²) in [7, 11) is 0. The third-order valence-electron chi connectivity index (χ3n) is 4.48. The Morgan fingerprint density at radius 2 is 1.79 bits per heavy atom. The highest BCUT2D eigenvalue weighted by Gasteiger charge is 2.41. The van der Waals surface area contributed by atoms with E-state index in [1.807, 2.05) is 0 Å². The van der Waals surface area contributed by atoms with Gasteiger partial charge in [-0.1, -0.05) is 24.3 Å². The van der Waals surface area contributed by atoms with Gasteiger partial charge in [0, 0.05) is 0 Å². The number of hydrogen-bond donors (Lipinski definition) is 0. The molecule has 0 bridgehead atoms. The Balaban J connectivity index is 1.69. The number of carbonyl (C=O) groups excluding carboxylic acids is 3. The van der Waals surface area contributed by atoms with Gasteiger partial charge in [-0.05, 0) is 43.3 Å². The Morgan fingerprint density at radius 1 is 1.06 bits per heavy atom. The molecule has 10 heteroatoms. The van der Waals surface area contributed by atoms with Gasteiger partial charge in [-0.15, -0.1) is 6.58 Å². The minimum Gasteiger partial charge on any atom is -0.461 e. The number of esters is 2. The van der Waals surface area contributed by atoms with Crippen molar-refractivity contribution in [1.29, 1.82) is 0 Å². The lowest BCUT2D eigenvalue weighted by Gasteiger charge is -2.11. The van der Waals surface area contributed by atoms with E-state index in [1.54, 1.807) is 55.5 Å². The Bertz CT molecular complexity index is 1080. The number of rotatable bonds is 11. The summed E-state index contributed by atoms with van der Waals surface area (Å²) < 4.78 is 15.3. The van der Waals surface area contributed by atoms with E-state index in [1.165, 1.54) is 12.1 Å². The number of benzene rings is 2. The molecule has 3 rings (SSSR count). The molecule has 1 amide bonds. The van der Waals surface area contributed by atoms with Crippen LogP contribution in [-0.4, -0.2) is 56.0 Å². The van der Waals surface area contributed by atoms with Crippen LogP contribution in [0.3, 0.4) is 0 Å². The third kappa shape index (κ3) is 6.20. The lowest BCUT2D eigenvalue weighted by Crippen LogP contribution is -2.33. The highest BCUT2D eigenvalue weighted by atomic mass is 16.6. The van der Waals surface area contributed by atoms with Gasteiger partial charge in [0.15, 0.2) is 5.71 Å². The molecule has 0 spiro atoms. The number of hydrogen-bond acceptors (Lipinski definition) is 9. The number of amides is 1. The summed E-state index contributed by atoms with van der Waals surface area (Å²) in [6.07, 6.45) is 1.61. The predicted octanol–water partition coefficient (Wildman–Crippen LogP) is 3.46. The normalized spacial score (nSPS) is 15.3. The molecule has 176 valence electrons. The van der Waals surface area contributed by atoms with E-state index in [0.29, 0.717) is 23.5 Å². The Morgan fingerprint density at radius 3 is 2.47 bits per heavy atom. The van der Waals surface area contributed by atoms with Crippen LogP contribution >= 0.6 is 0 Å². The molecular weight excluding hydrogens is 440 g/mol. The van der Waals surface area contributed by atoms with Crippen molar-refractivity contribution in [2.24, 2.45) is 15.3 Å². The quantitative estimate of drug-likeness (QED) is 0.217. The van der Waals surface area contributed by atoms with Crippen molar-refractivity contribution >= 4 is 34.9 Å². The molecular formula is C24H24N4O6. The van der Waals surface area contributed by atoms with Gasteiger partial charge in [0.2, 0.25) is 6.04 Å². The van der Waals surface area contributed by atoms with Gasteiger partial charge < -0.3 is 14.2 Å². The number of ether oxygens (including phenoxy) is 3. The van der Waals surface area contributed by atoms with E-state index in [0.717, 1.165) is 5.01 Å². The van der Waals surface area contributed by atoms with E-state index >= 15 is 0 Å². The monoisotopic (exact) mass is 464 g/mol. The zero-order chi connectivity index (χ0) is 24.3. The molecule has 0 fully saturated rings. The first-order valence-corrected chi connectivity index (χ1v) is 10.6. The Hall–Kier alpha value is -4.18. The number of hydrazone groups is 1. The molecule has 10 nitrogen and oxygen atoms in total. The smallest absolute Gasteiger partial charge is 0.357 e. The summed E-state index contributed by atoms with van der Waals surface area (Å²) >= 11 is 0. The second-order valence-corrected chi connectivity index (χ2v) is 6.86. The zero-order valence-corrected chi connectivity index (χ0v) is 18.6. The van der Waals surface area contributed by atoms with Crippen LogP contribution in [0.25, 0.3) is 0 Å². The van der Waals surface area contributed by atoms with Gasteiger partial charge in [0.25, 0.3) is 5.91 Å². The highest BCUT2D eigenvalue weighted by molar-refractivity contribution is 6.46. The summed E-state index contributed by atoms with van der Waals surface area (Å²) in [5.74, 6) is -1.78. The molecule has 0 N–H and O–H groups in total. The van der Waals surface area contributed by atoms with Crippen LogP contribution in [0, 0.1) is 0 Å². The Kier molecular flexibility index (Phi) is 8.75. The van der Waals surface area contributed by atoms with E-state index < -0.39 is 23.9 Å². The van der Waals surface area contributed by atoms with E-state index in [9.17, 15) is 14.4 Å². The maximum absolute atomic E-state index is 12.9. The van der Waals surface area contributed by atoms with Crippen molar-refractivity contribution in [3.05, 3.63) is 72.8 Å². The molecule has 0 saturated heterocycles. The lowest BCUT2D eigenvalue weighted by atomic mass is 10.2. The number of para-hydroxylation sites is 1. The van der Waals surface area contributed by atoms with Crippen molar-refractivity contribution < 1.29 is 28.6 Å². The molecule has 1 aliphatic rings. The maximum Gasteiger partial charge on any atom is 0.357 e. The molecule has 0 aromatic heterocycles. The minimum absolute atomic E-state index is 0.117. The first-order chi connectivity index (χ1) is 16.5. The van der Waals surface area contributed by atoms with E-state index in [-0.39, 0.29) is 25.5 Å². The molecule has 2 aromatic carbocycles. The summed E-state index contributed by atoms with van der Waals surface area (Å²) in [6.45, 7) is 6.08. The second kappa shape index (κ2) is 12.2. The van der Waals surface area contributed by atoms with Crippen molar-refractivity contribution in [2.75, 3.05) is 31.4 Å². The lowest BCUT2D eigenvalue weighted by molar-refractivity contribution is -0.135. The van der Waals surface area contributed by atoms with Gasteiger partial charge in [-0.2, -0.15) is 20.3 Å². The summed E-state index contributed by atoms with van der Waals surface area (Å²) in [5, 5.41) is 13.3. The largest absolute Gasteiger partial charge is 0.461 e. The van der Waals surface area contributed by atoms with Gasteiger partial charge in [0.1, 0.15) is 6.61 Å². The number of azo groups is 1. The fourth-order valence-electron chi connectivity index (χ4n) is 2.89. The molecule has 1 atom stereocenters. The van der Waals surface area contributed by atoms with Crippen LogP contribution in [0.2, 0.25) is 0 Å². The molecule has 2 aromatic rings. The minimum atomic E-state index is -1.25. The Labute approximate surface area is 196 Å². The van der Waals surface area contributed by atoms with Crippen molar-refractivity contribution in [2.45, 2.75) is 13.0 Å². The molecule has 0 saturated carbocycles. The molecule has 1 heterocycles. The standard InChI is InChI=1S/C24H24N4O6/c1-3-14-32-15-16-34-23(30)17-10-12-18(13-11-17)25-26-20-21(24(31)33-4-2)27-28(22(20)29)19-8-6-5-7-9-19/h3,5-13,20H,1,4,14-16H2,2H3. The summed E-state index contributed by atoms with van der Waals surface area (Å²) in [4.78, 5) is 37.4. The molecule has 0 aliphatic carbocycles. The predicted molar refractivity (Wildman–Crippen MR) is 124 cm³/mol. The molecule has 34 heavy (non-hydrogen) atoms. The van der Waals surface area contributed by atoms with Crippen molar-refractivity contribution in [3.8, 4) is 0 Å². The van der Waals surface area contributed by atoms with Crippen LogP contribution in [0.5, 0.6) is 0 Å². The van der Waals surface area contributed by atoms with E-state index in [4.69, 9.17) is 14.2 Å². The van der Waals surface area contributed by atoms with Gasteiger partial charge in [-0.25, -0.2) is 9.59 Å². The van der Waals surface area contributed by atoms with Crippen LogP contribution in [0.4, 0.5) is 11.4 Å². The average Bonchev–Trinajstić information content (AvgIpc) is 3.19. The van der Waals surface area contributed by atoms with Crippen LogP contribution in [0.15, 0.2) is 82.6 Å².